The monoisotopic (exact) mass is 486 g/mol. The zero-order valence-electron chi connectivity index (χ0n) is 23.1. The van der Waals surface area contributed by atoms with Gasteiger partial charge in [0.1, 0.15) is 0 Å². The highest BCUT2D eigenvalue weighted by Crippen LogP contribution is 2.19. The number of carbonyl (C=O) groups excluding carboxylic acids is 1. The maximum atomic E-state index is 11.8. The average molecular weight is 487 g/mol. The van der Waals surface area contributed by atoms with Crippen molar-refractivity contribution in [3.8, 4) is 0 Å². The molecule has 0 aromatic rings. The normalized spacial score (nSPS) is 12.1. The first-order valence-electron chi connectivity index (χ1n) is 14.9. The van der Waals surface area contributed by atoms with Gasteiger partial charge in [-0.15, -0.1) is 0 Å². The Bertz CT molecular complexity index is 402. The predicted octanol–water partition coefficient (Wildman–Crippen LogP) is 10.3. The Morgan fingerprint density at radius 3 is 1.47 bits per heavy atom. The highest BCUT2D eigenvalue weighted by atomic mass is 17.5. The molecule has 204 valence electrons. The molecule has 0 bridgehead atoms. The van der Waals surface area contributed by atoms with E-state index in [1.165, 1.54) is 116 Å². The fourth-order valence-electron chi connectivity index (χ4n) is 4.33. The van der Waals surface area contributed by atoms with E-state index in [0.29, 0.717) is 19.1 Å². The third-order valence-electron chi connectivity index (χ3n) is 6.60. The first-order chi connectivity index (χ1) is 16.7. The molecule has 0 aliphatic carbocycles. The van der Waals surface area contributed by atoms with E-state index in [1.807, 2.05) is 0 Å². The van der Waals surface area contributed by atoms with E-state index in [2.05, 4.69) is 30.7 Å². The Kier molecular flexibility index (Phi) is 27.8. The second-order valence-electron chi connectivity index (χ2n) is 9.99. The van der Waals surface area contributed by atoms with Gasteiger partial charge in [0, 0.05) is 0 Å². The van der Waals surface area contributed by atoms with Crippen molar-refractivity contribution >= 4 is 6.16 Å². The van der Waals surface area contributed by atoms with E-state index in [4.69, 9.17) is 9.62 Å². The summed E-state index contributed by atoms with van der Waals surface area (Å²) in [7, 11) is 0. The van der Waals surface area contributed by atoms with Crippen molar-refractivity contribution in [2.75, 3.05) is 13.2 Å². The third-order valence-corrected chi connectivity index (χ3v) is 6.60. The molecule has 5 heteroatoms. The minimum absolute atomic E-state index is 0.404. The zero-order chi connectivity index (χ0) is 25.0. The number of carbonyl (C=O) groups is 1. The summed E-state index contributed by atoms with van der Waals surface area (Å²) in [6.07, 6.45) is 26.7. The van der Waals surface area contributed by atoms with Gasteiger partial charge in [0.05, 0.1) is 13.2 Å². The SMILES string of the molecule is CCCCCCCCCCCCOOOC(=O)OCC(CCCCCC)CCCCCCCC. The molecule has 0 heterocycles. The lowest BCUT2D eigenvalue weighted by molar-refractivity contribution is -0.486. The molecular formula is C29H58O5. The van der Waals surface area contributed by atoms with E-state index in [-0.39, 0.29) is 0 Å². The fourth-order valence-corrected chi connectivity index (χ4v) is 4.33. The molecule has 0 N–H and O–H groups in total. The number of hydrogen-bond acceptors (Lipinski definition) is 5. The van der Waals surface area contributed by atoms with Crippen LogP contribution < -0.4 is 0 Å². The Labute approximate surface area is 211 Å². The van der Waals surface area contributed by atoms with Crippen molar-refractivity contribution in [3.63, 3.8) is 0 Å². The fraction of sp³-hybridized carbons (Fsp3) is 0.966. The first kappa shape index (κ1) is 33.2. The van der Waals surface area contributed by atoms with Crippen molar-refractivity contribution in [2.24, 2.45) is 5.92 Å². The summed E-state index contributed by atoms with van der Waals surface area (Å²) in [4.78, 5) is 21.4. The van der Waals surface area contributed by atoms with Gasteiger partial charge < -0.3 is 4.74 Å². The number of unbranched alkanes of at least 4 members (excludes halogenated alkanes) is 17. The first-order valence-corrected chi connectivity index (χ1v) is 14.9. The highest BCUT2D eigenvalue weighted by Gasteiger charge is 2.14. The van der Waals surface area contributed by atoms with E-state index in [9.17, 15) is 4.79 Å². The van der Waals surface area contributed by atoms with Gasteiger partial charge >= 0.3 is 6.16 Å². The van der Waals surface area contributed by atoms with E-state index >= 15 is 0 Å². The number of hydrogen-bond donors (Lipinski definition) is 0. The third kappa shape index (κ3) is 25.8. The second kappa shape index (κ2) is 28.4. The van der Waals surface area contributed by atoms with Crippen molar-refractivity contribution < 1.29 is 24.3 Å². The topological polar surface area (TPSA) is 54.0 Å². The lowest BCUT2D eigenvalue weighted by Crippen LogP contribution is -2.16. The molecule has 0 aliphatic heterocycles. The molecular weight excluding hydrogens is 428 g/mol. The standard InChI is InChI=1S/C29H58O5/c1-4-7-10-13-15-16-17-18-20-23-26-32-34-33-29(30)31-27-28(24-21-12-9-6-3)25-22-19-14-11-8-5-2/h28H,4-27H2,1-3H3. The van der Waals surface area contributed by atoms with Crippen LogP contribution in [-0.2, 0) is 19.6 Å². The molecule has 0 aliphatic rings. The quantitative estimate of drug-likeness (QED) is 0.0500. The summed E-state index contributed by atoms with van der Waals surface area (Å²) in [5.41, 5.74) is 0. The van der Waals surface area contributed by atoms with Crippen LogP contribution in [0, 0.1) is 5.92 Å². The summed E-state index contributed by atoms with van der Waals surface area (Å²) < 4.78 is 5.30. The molecule has 0 fully saturated rings. The number of rotatable bonds is 27. The van der Waals surface area contributed by atoms with E-state index in [1.54, 1.807) is 0 Å². The van der Waals surface area contributed by atoms with Gasteiger partial charge in [-0.2, -0.15) is 4.89 Å². The molecule has 0 spiro atoms. The van der Waals surface area contributed by atoms with Crippen LogP contribution in [-0.4, -0.2) is 19.4 Å². The molecule has 34 heavy (non-hydrogen) atoms. The maximum Gasteiger partial charge on any atom is 0.542 e. The average Bonchev–Trinajstić information content (AvgIpc) is 2.84. The summed E-state index contributed by atoms with van der Waals surface area (Å²) in [6.45, 7) is 7.56. The predicted molar refractivity (Wildman–Crippen MR) is 142 cm³/mol. The molecule has 5 nitrogen and oxygen atoms in total. The lowest BCUT2D eigenvalue weighted by atomic mass is 9.95. The largest absolute Gasteiger partial charge is 0.542 e. The minimum Gasteiger partial charge on any atom is -0.432 e. The molecule has 0 rings (SSSR count). The highest BCUT2D eigenvalue weighted by molar-refractivity contribution is 5.58. The van der Waals surface area contributed by atoms with Crippen molar-refractivity contribution in [1.29, 1.82) is 0 Å². The van der Waals surface area contributed by atoms with Crippen molar-refractivity contribution in [2.45, 2.75) is 162 Å². The van der Waals surface area contributed by atoms with Crippen LogP contribution in [0.25, 0.3) is 0 Å². The van der Waals surface area contributed by atoms with Gasteiger partial charge in [-0.3, -0.25) is 0 Å². The Hall–Kier alpha value is -0.810. The second-order valence-corrected chi connectivity index (χ2v) is 9.99. The van der Waals surface area contributed by atoms with Gasteiger partial charge in [0.2, 0.25) is 0 Å². The van der Waals surface area contributed by atoms with Crippen LogP contribution in [0.2, 0.25) is 0 Å². The molecule has 0 amide bonds. The molecule has 0 aromatic carbocycles. The molecule has 0 aromatic heterocycles. The van der Waals surface area contributed by atoms with Gasteiger partial charge in [-0.05, 0) is 30.2 Å². The minimum atomic E-state index is -0.801. The van der Waals surface area contributed by atoms with E-state index < -0.39 is 6.16 Å². The zero-order valence-corrected chi connectivity index (χ0v) is 23.1. The van der Waals surface area contributed by atoms with Crippen LogP contribution in [0.5, 0.6) is 0 Å². The molecule has 1 unspecified atom stereocenters. The Morgan fingerprint density at radius 1 is 0.559 bits per heavy atom. The summed E-state index contributed by atoms with van der Waals surface area (Å²) in [6, 6.07) is 0. The van der Waals surface area contributed by atoms with Gasteiger partial charge in [-0.1, -0.05) is 143 Å². The van der Waals surface area contributed by atoms with Gasteiger partial charge in [0.15, 0.2) is 0 Å². The lowest BCUT2D eigenvalue weighted by Gasteiger charge is -2.16. The molecule has 0 radical (unpaired) electrons. The van der Waals surface area contributed by atoms with Gasteiger partial charge in [0.25, 0.3) is 0 Å². The van der Waals surface area contributed by atoms with Crippen LogP contribution in [0.4, 0.5) is 4.79 Å². The smallest absolute Gasteiger partial charge is 0.432 e. The van der Waals surface area contributed by atoms with Crippen LogP contribution in [0.3, 0.4) is 0 Å². The summed E-state index contributed by atoms with van der Waals surface area (Å²) >= 11 is 0. The molecule has 1 atom stereocenters. The molecule has 0 saturated carbocycles. The van der Waals surface area contributed by atoms with Crippen LogP contribution >= 0.6 is 0 Å². The summed E-state index contributed by atoms with van der Waals surface area (Å²) in [5.74, 6) is 0.406. The Balaban J connectivity index is 3.71. The van der Waals surface area contributed by atoms with E-state index in [0.717, 1.165) is 25.7 Å². The van der Waals surface area contributed by atoms with Crippen molar-refractivity contribution in [3.05, 3.63) is 0 Å². The Morgan fingerprint density at radius 2 is 0.971 bits per heavy atom. The van der Waals surface area contributed by atoms with Gasteiger partial charge in [-0.25, -0.2) is 9.68 Å². The maximum absolute atomic E-state index is 11.8. The van der Waals surface area contributed by atoms with Crippen LogP contribution in [0.1, 0.15) is 162 Å². The number of ether oxygens (including phenoxy) is 1. The summed E-state index contributed by atoms with van der Waals surface area (Å²) in [5, 5.41) is 4.58. The molecule has 0 saturated heterocycles. The van der Waals surface area contributed by atoms with Crippen molar-refractivity contribution in [1.82, 2.24) is 0 Å². The van der Waals surface area contributed by atoms with Crippen LogP contribution in [0.15, 0.2) is 0 Å².